The molecule has 0 aliphatic rings. The van der Waals surface area contributed by atoms with Crippen LogP contribution in [-0.4, -0.2) is 47.9 Å². The van der Waals surface area contributed by atoms with Gasteiger partial charge in [0.15, 0.2) is 0 Å². The molecule has 9 nitrogen and oxygen atoms in total. The second-order valence-corrected chi connectivity index (χ2v) is 9.42. The third-order valence-corrected chi connectivity index (χ3v) is 6.40. The number of benzene rings is 1. The number of halogens is 3. The van der Waals surface area contributed by atoms with Crippen molar-refractivity contribution in [3.8, 4) is 17.0 Å². The van der Waals surface area contributed by atoms with E-state index in [2.05, 4.69) is 20.1 Å². The average molecular weight is 523 g/mol. The number of aromatic nitrogens is 3. The zero-order valence-electron chi connectivity index (χ0n) is 19.2. The van der Waals surface area contributed by atoms with Crippen molar-refractivity contribution in [1.82, 2.24) is 15.0 Å². The molecule has 190 valence electrons. The number of carbonyl (C=O) groups excluding carboxylic acids is 1. The van der Waals surface area contributed by atoms with Gasteiger partial charge in [-0.3, -0.25) is 4.98 Å². The molecule has 0 amide bonds. The fourth-order valence-electron chi connectivity index (χ4n) is 3.01. The predicted molar refractivity (Wildman–Crippen MR) is 123 cm³/mol. The van der Waals surface area contributed by atoms with Crippen molar-refractivity contribution in [3.63, 3.8) is 0 Å². The number of para-hydroxylation sites is 1. The molecule has 3 aromatic rings. The average Bonchev–Trinajstić information content (AvgIpc) is 2.86. The number of oxime groups is 1. The third-order valence-electron chi connectivity index (χ3n) is 4.83. The van der Waals surface area contributed by atoms with Gasteiger partial charge in [0.2, 0.25) is 15.0 Å². The third kappa shape index (κ3) is 6.84. The van der Waals surface area contributed by atoms with Crippen molar-refractivity contribution in [3.05, 3.63) is 66.1 Å². The van der Waals surface area contributed by atoms with Crippen molar-refractivity contribution in [2.24, 2.45) is 5.16 Å². The van der Waals surface area contributed by atoms with Crippen LogP contribution in [0, 0.1) is 0 Å². The van der Waals surface area contributed by atoms with Crippen LogP contribution in [0.15, 0.2) is 65.2 Å². The van der Waals surface area contributed by atoms with Crippen LogP contribution in [0.1, 0.15) is 31.0 Å². The molecule has 0 atom stereocenters. The predicted octanol–water partition coefficient (Wildman–Crippen LogP) is 4.09. The Labute approximate surface area is 204 Å². The van der Waals surface area contributed by atoms with Crippen LogP contribution >= 0.6 is 0 Å². The number of sulfone groups is 1. The number of nitrogens with zero attached hydrogens (tertiary/aromatic N) is 4. The van der Waals surface area contributed by atoms with Crippen molar-refractivity contribution in [2.75, 3.05) is 12.9 Å². The number of hydrogen-bond donors (Lipinski definition) is 0. The topological polar surface area (TPSA) is 121 Å². The Morgan fingerprint density at radius 3 is 2.44 bits per heavy atom. The van der Waals surface area contributed by atoms with Crippen molar-refractivity contribution in [1.29, 1.82) is 0 Å². The highest BCUT2D eigenvalue weighted by Crippen LogP contribution is 2.34. The maximum Gasteiger partial charge on any atom is 0.433 e. The molecule has 0 saturated heterocycles. The number of alkyl halides is 3. The van der Waals surface area contributed by atoms with Gasteiger partial charge in [-0.25, -0.2) is 23.2 Å². The first-order valence-electron chi connectivity index (χ1n) is 10.5. The largest absolute Gasteiger partial charge is 0.496 e. The first-order valence-corrected chi connectivity index (χ1v) is 12.1. The molecule has 0 spiro atoms. The van der Waals surface area contributed by atoms with Crippen molar-refractivity contribution >= 4 is 21.5 Å². The van der Waals surface area contributed by atoms with Crippen molar-refractivity contribution < 1.29 is 36.0 Å². The molecule has 0 bridgehead atoms. The highest BCUT2D eigenvalue weighted by Gasteiger charge is 2.35. The Balaban J connectivity index is 1.76. The smallest absolute Gasteiger partial charge is 0.433 e. The summed E-state index contributed by atoms with van der Waals surface area (Å²) >= 11 is 0. The van der Waals surface area contributed by atoms with Gasteiger partial charge in [-0.05, 0) is 43.7 Å². The molecule has 0 saturated carbocycles. The molecule has 0 aliphatic carbocycles. The molecule has 3 rings (SSSR count). The molecule has 0 aliphatic heterocycles. The van der Waals surface area contributed by atoms with E-state index in [-0.39, 0.29) is 29.8 Å². The lowest BCUT2D eigenvalue weighted by molar-refractivity contribution is -0.143. The molecule has 0 unspecified atom stereocenters. The minimum atomic E-state index is -4.92. The summed E-state index contributed by atoms with van der Waals surface area (Å²) in [6, 6.07) is 10.1. The number of ether oxygens (including phenoxy) is 1. The van der Waals surface area contributed by atoms with Crippen LogP contribution in [0.4, 0.5) is 13.2 Å². The Morgan fingerprint density at radius 1 is 1.08 bits per heavy atom. The Morgan fingerprint density at radius 2 is 1.78 bits per heavy atom. The lowest BCUT2D eigenvalue weighted by Crippen LogP contribution is -2.17. The van der Waals surface area contributed by atoms with E-state index in [9.17, 15) is 26.4 Å². The number of methoxy groups -OCH3 is 1. The van der Waals surface area contributed by atoms with Gasteiger partial charge in [0.05, 0.1) is 24.3 Å². The van der Waals surface area contributed by atoms with Crippen molar-refractivity contribution in [2.45, 2.75) is 31.1 Å². The first kappa shape index (κ1) is 26.7. The molecule has 13 heteroatoms. The monoisotopic (exact) mass is 522 g/mol. The van der Waals surface area contributed by atoms with E-state index >= 15 is 0 Å². The summed E-state index contributed by atoms with van der Waals surface area (Å²) in [4.78, 5) is 27.7. The van der Waals surface area contributed by atoms with Crippen LogP contribution in [0.25, 0.3) is 11.3 Å². The normalized spacial score (nSPS) is 12.3. The fourth-order valence-corrected chi connectivity index (χ4v) is 4.19. The van der Waals surface area contributed by atoms with E-state index in [1.54, 1.807) is 31.2 Å². The number of hydrogen-bond acceptors (Lipinski definition) is 9. The second-order valence-electron chi connectivity index (χ2n) is 7.42. The molecule has 36 heavy (non-hydrogen) atoms. The molecule has 1 aromatic carbocycles. The molecule has 2 aromatic heterocycles. The molecule has 0 fully saturated rings. The summed E-state index contributed by atoms with van der Waals surface area (Å²) in [7, 11) is -3.05. The highest BCUT2D eigenvalue weighted by molar-refractivity contribution is 7.91. The van der Waals surface area contributed by atoms with E-state index in [4.69, 9.17) is 9.57 Å². The van der Waals surface area contributed by atoms with E-state index < -0.39 is 38.6 Å². The molecule has 0 radical (unpaired) electrons. The summed E-state index contributed by atoms with van der Waals surface area (Å²) in [6.07, 6.45) is -2.43. The van der Waals surface area contributed by atoms with Gasteiger partial charge in [0, 0.05) is 29.9 Å². The maximum atomic E-state index is 13.5. The molecule has 2 heterocycles. The zero-order chi connectivity index (χ0) is 26.3. The van der Waals surface area contributed by atoms with E-state index in [0.717, 1.165) is 0 Å². The van der Waals surface area contributed by atoms with Crippen LogP contribution in [0.3, 0.4) is 0 Å². The standard InChI is InChI=1S/C23H21F3N4O5S/c1-15(16-9-11-27-12-10-16)30-35-21(31)8-5-13-36(32,33)22-28-18(14-20(29-22)23(24,25)26)17-6-3-4-7-19(17)34-2/h3-4,6-7,9-12,14H,5,8,13H2,1-2H3/b30-15+. The summed E-state index contributed by atoms with van der Waals surface area (Å²) in [5.74, 6) is -1.28. The minimum Gasteiger partial charge on any atom is -0.496 e. The van der Waals surface area contributed by atoms with Gasteiger partial charge in [0.1, 0.15) is 11.4 Å². The van der Waals surface area contributed by atoms with E-state index in [1.165, 1.54) is 31.6 Å². The van der Waals surface area contributed by atoms with Crippen LogP contribution in [0.5, 0.6) is 5.75 Å². The molecular formula is C23H21F3N4O5S. The van der Waals surface area contributed by atoms with Gasteiger partial charge in [0.25, 0.3) is 0 Å². The van der Waals surface area contributed by atoms with Crippen LogP contribution < -0.4 is 4.74 Å². The Kier molecular flexibility index (Phi) is 8.35. The van der Waals surface area contributed by atoms with Crippen LogP contribution in [0.2, 0.25) is 0 Å². The number of carbonyl (C=O) groups is 1. The first-order chi connectivity index (χ1) is 17.0. The summed E-state index contributed by atoms with van der Waals surface area (Å²) < 4.78 is 71.1. The lowest BCUT2D eigenvalue weighted by Gasteiger charge is -2.13. The summed E-state index contributed by atoms with van der Waals surface area (Å²) in [6.45, 7) is 1.61. The van der Waals surface area contributed by atoms with Gasteiger partial charge in [-0.15, -0.1) is 0 Å². The van der Waals surface area contributed by atoms with E-state index in [0.29, 0.717) is 17.3 Å². The Bertz CT molecular complexity index is 1360. The summed E-state index contributed by atoms with van der Waals surface area (Å²) in [5.41, 5.74) is -0.450. The molecular weight excluding hydrogens is 501 g/mol. The maximum absolute atomic E-state index is 13.5. The van der Waals surface area contributed by atoms with Crippen LogP contribution in [-0.2, 0) is 25.6 Å². The van der Waals surface area contributed by atoms with Gasteiger partial charge >= 0.3 is 12.1 Å². The number of rotatable bonds is 9. The zero-order valence-corrected chi connectivity index (χ0v) is 20.0. The Hall–Kier alpha value is -3.87. The minimum absolute atomic E-state index is 0.162. The van der Waals surface area contributed by atoms with Gasteiger partial charge in [-0.2, -0.15) is 13.2 Å². The fraction of sp³-hybridized carbons (Fsp3) is 0.261. The lowest BCUT2D eigenvalue weighted by atomic mass is 10.1. The molecule has 0 N–H and O–H groups in total. The van der Waals surface area contributed by atoms with Gasteiger partial charge < -0.3 is 9.57 Å². The quantitative estimate of drug-likeness (QED) is 0.178. The van der Waals surface area contributed by atoms with Gasteiger partial charge in [-0.1, -0.05) is 17.3 Å². The highest BCUT2D eigenvalue weighted by atomic mass is 32.2. The second kappa shape index (κ2) is 11.2. The number of pyridine rings is 1. The SMILES string of the molecule is COc1ccccc1-c1cc(C(F)(F)F)nc(S(=O)(=O)CCCC(=O)O/N=C(\C)c2ccncc2)n1. The summed E-state index contributed by atoms with van der Waals surface area (Å²) in [5, 5.41) is 2.69. The van der Waals surface area contributed by atoms with E-state index in [1.807, 2.05) is 0 Å².